The molecule has 0 bridgehead atoms. The number of hydrogen-bond acceptors (Lipinski definition) is 4. The van der Waals surface area contributed by atoms with Gasteiger partial charge in [0.1, 0.15) is 5.69 Å². The molecular weight excluding hydrogens is 282 g/mol. The number of hydrogen-bond donors (Lipinski definition) is 1. The number of rotatable bonds is 7. The van der Waals surface area contributed by atoms with E-state index in [0.717, 1.165) is 29.1 Å². The summed E-state index contributed by atoms with van der Waals surface area (Å²) in [7, 11) is 0. The van der Waals surface area contributed by atoms with Gasteiger partial charge in [-0.2, -0.15) is 5.10 Å². The number of aromatic nitrogens is 2. The third-order valence-electron chi connectivity index (χ3n) is 3.13. The Balaban J connectivity index is 2.31. The molecule has 0 radical (unpaired) electrons. The standard InChI is InChI=1S/C16H23N3OS/c1-4-7-19-16(20)13(11-17-10-12(2)3)9-14(18-19)15-6-5-8-21-15/h5-6,8-9,12,17H,4,7,10-11H2,1-3H3. The predicted molar refractivity (Wildman–Crippen MR) is 88.6 cm³/mol. The molecule has 1 N–H and O–H groups in total. The first-order chi connectivity index (χ1) is 10.1. The largest absolute Gasteiger partial charge is 0.312 e. The maximum absolute atomic E-state index is 12.4. The van der Waals surface area contributed by atoms with Crippen LogP contribution in [0.3, 0.4) is 0 Å². The van der Waals surface area contributed by atoms with Gasteiger partial charge in [0.2, 0.25) is 0 Å². The molecule has 21 heavy (non-hydrogen) atoms. The molecule has 0 spiro atoms. The van der Waals surface area contributed by atoms with Crippen LogP contribution in [-0.2, 0) is 13.1 Å². The molecule has 0 unspecified atom stereocenters. The fourth-order valence-electron chi connectivity index (χ4n) is 2.13. The molecule has 0 aliphatic heterocycles. The van der Waals surface area contributed by atoms with Crippen LogP contribution in [0.1, 0.15) is 32.8 Å². The second kappa shape index (κ2) is 7.52. The molecule has 0 saturated heterocycles. The normalized spacial score (nSPS) is 11.2. The molecule has 0 amide bonds. The Labute approximate surface area is 129 Å². The Bertz CT molecular complexity index is 617. The molecule has 2 heterocycles. The molecule has 0 aliphatic carbocycles. The van der Waals surface area contributed by atoms with E-state index in [1.54, 1.807) is 16.0 Å². The number of thiophene rings is 1. The second-order valence-corrected chi connectivity index (χ2v) is 6.53. The lowest BCUT2D eigenvalue weighted by Gasteiger charge is -2.11. The van der Waals surface area contributed by atoms with Crippen molar-refractivity contribution in [3.63, 3.8) is 0 Å². The maximum Gasteiger partial charge on any atom is 0.271 e. The molecule has 114 valence electrons. The lowest BCUT2D eigenvalue weighted by molar-refractivity contribution is 0.533. The molecule has 0 aliphatic rings. The van der Waals surface area contributed by atoms with Gasteiger partial charge in [-0.1, -0.05) is 26.8 Å². The zero-order valence-corrected chi connectivity index (χ0v) is 13.7. The maximum atomic E-state index is 12.4. The first kappa shape index (κ1) is 15.9. The Morgan fingerprint density at radius 2 is 2.24 bits per heavy atom. The van der Waals surface area contributed by atoms with Gasteiger partial charge in [0, 0.05) is 18.7 Å². The van der Waals surface area contributed by atoms with Gasteiger partial charge in [-0.15, -0.1) is 11.3 Å². The zero-order chi connectivity index (χ0) is 15.2. The second-order valence-electron chi connectivity index (χ2n) is 5.59. The molecule has 2 rings (SSSR count). The van der Waals surface area contributed by atoms with Crippen molar-refractivity contribution in [3.8, 4) is 10.6 Å². The highest BCUT2D eigenvalue weighted by Crippen LogP contribution is 2.22. The van der Waals surface area contributed by atoms with Crippen molar-refractivity contribution in [3.05, 3.63) is 39.5 Å². The lowest BCUT2D eigenvalue weighted by Crippen LogP contribution is -2.30. The molecule has 2 aromatic heterocycles. The van der Waals surface area contributed by atoms with Crippen LogP contribution in [-0.4, -0.2) is 16.3 Å². The summed E-state index contributed by atoms with van der Waals surface area (Å²) in [6.45, 7) is 8.54. The van der Waals surface area contributed by atoms with Crippen molar-refractivity contribution < 1.29 is 0 Å². The van der Waals surface area contributed by atoms with Crippen molar-refractivity contribution >= 4 is 11.3 Å². The summed E-state index contributed by atoms with van der Waals surface area (Å²) in [6, 6.07) is 5.97. The van der Waals surface area contributed by atoms with Crippen LogP contribution in [0.25, 0.3) is 10.6 Å². The van der Waals surface area contributed by atoms with E-state index in [-0.39, 0.29) is 5.56 Å². The van der Waals surface area contributed by atoms with Crippen molar-refractivity contribution in [1.29, 1.82) is 0 Å². The van der Waals surface area contributed by atoms with Gasteiger partial charge in [0.15, 0.2) is 0 Å². The van der Waals surface area contributed by atoms with E-state index >= 15 is 0 Å². The summed E-state index contributed by atoms with van der Waals surface area (Å²) < 4.78 is 1.60. The quantitative estimate of drug-likeness (QED) is 0.855. The highest BCUT2D eigenvalue weighted by molar-refractivity contribution is 7.13. The lowest BCUT2D eigenvalue weighted by atomic mass is 10.2. The Kier molecular flexibility index (Phi) is 5.70. The predicted octanol–water partition coefficient (Wildman–Crippen LogP) is 3.13. The monoisotopic (exact) mass is 305 g/mol. The van der Waals surface area contributed by atoms with Gasteiger partial charge >= 0.3 is 0 Å². The van der Waals surface area contributed by atoms with Gasteiger partial charge < -0.3 is 5.32 Å². The number of nitrogens with one attached hydrogen (secondary N) is 1. The summed E-state index contributed by atoms with van der Waals surface area (Å²) >= 11 is 1.65. The van der Waals surface area contributed by atoms with E-state index in [0.29, 0.717) is 19.0 Å². The van der Waals surface area contributed by atoms with Crippen LogP contribution in [0.5, 0.6) is 0 Å². The average molecular weight is 305 g/mol. The van der Waals surface area contributed by atoms with Crippen LogP contribution >= 0.6 is 11.3 Å². The summed E-state index contributed by atoms with van der Waals surface area (Å²) in [5.74, 6) is 0.571. The van der Waals surface area contributed by atoms with Crippen LogP contribution in [0, 0.1) is 5.92 Å². The highest BCUT2D eigenvalue weighted by Gasteiger charge is 2.10. The minimum atomic E-state index is 0.0217. The van der Waals surface area contributed by atoms with Gasteiger partial charge in [0.25, 0.3) is 5.56 Å². The van der Waals surface area contributed by atoms with E-state index in [9.17, 15) is 4.79 Å². The third kappa shape index (κ3) is 4.25. The van der Waals surface area contributed by atoms with Crippen LogP contribution in [0.15, 0.2) is 28.4 Å². The fourth-order valence-corrected chi connectivity index (χ4v) is 2.81. The SMILES string of the molecule is CCCn1nc(-c2cccs2)cc(CNCC(C)C)c1=O. The van der Waals surface area contributed by atoms with Gasteiger partial charge in [0.05, 0.1) is 4.88 Å². The number of aryl methyl sites for hydroxylation is 1. The van der Waals surface area contributed by atoms with Crippen molar-refractivity contribution in [1.82, 2.24) is 15.1 Å². The topological polar surface area (TPSA) is 46.9 Å². The van der Waals surface area contributed by atoms with E-state index in [4.69, 9.17) is 0 Å². The van der Waals surface area contributed by atoms with Crippen LogP contribution in [0.4, 0.5) is 0 Å². The van der Waals surface area contributed by atoms with Crippen molar-refractivity contribution in [2.75, 3.05) is 6.54 Å². The molecular formula is C16H23N3OS. The summed E-state index contributed by atoms with van der Waals surface area (Å²) in [5.41, 5.74) is 1.70. The average Bonchev–Trinajstić information content (AvgIpc) is 2.96. The van der Waals surface area contributed by atoms with E-state index in [1.165, 1.54) is 0 Å². The molecule has 5 heteroatoms. The van der Waals surface area contributed by atoms with Gasteiger partial charge in [-0.25, -0.2) is 4.68 Å². The minimum Gasteiger partial charge on any atom is -0.312 e. The zero-order valence-electron chi connectivity index (χ0n) is 12.9. The highest BCUT2D eigenvalue weighted by atomic mass is 32.1. The van der Waals surface area contributed by atoms with Gasteiger partial charge in [-0.05, 0) is 36.4 Å². The Morgan fingerprint density at radius 3 is 2.86 bits per heavy atom. The first-order valence-corrected chi connectivity index (χ1v) is 8.35. The summed E-state index contributed by atoms with van der Waals surface area (Å²) in [6.07, 6.45) is 0.902. The van der Waals surface area contributed by atoms with E-state index in [1.807, 2.05) is 23.6 Å². The molecule has 0 aromatic carbocycles. The number of nitrogens with zero attached hydrogens (tertiary/aromatic N) is 2. The van der Waals surface area contributed by atoms with E-state index in [2.05, 4.69) is 31.2 Å². The minimum absolute atomic E-state index is 0.0217. The molecule has 4 nitrogen and oxygen atoms in total. The molecule has 2 aromatic rings. The first-order valence-electron chi connectivity index (χ1n) is 7.47. The fraction of sp³-hybridized carbons (Fsp3) is 0.500. The summed E-state index contributed by atoms with van der Waals surface area (Å²) in [5, 5.41) is 9.87. The van der Waals surface area contributed by atoms with Gasteiger partial charge in [-0.3, -0.25) is 4.79 Å². The van der Waals surface area contributed by atoms with Crippen molar-refractivity contribution in [2.24, 2.45) is 5.92 Å². The van der Waals surface area contributed by atoms with E-state index < -0.39 is 0 Å². The van der Waals surface area contributed by atoms with Crippen LogP contribution < -0.4 is 10.9 Å². The Morgan fingerprint density at radius 1 is 1.43 bits per heavy atom. The smallest absolute Gasteiger partial charge is 0.271 e. The molecule has 0 saturated carbocycles. The Hall–Kier alpha value is -1.46. The van der Waals surface area contributed by atoms with Crippen molar-refractivity contribution in [2.45, 2.75) is 40.3 Å². The molecule has 0 atom stereocenters. The summed E-state index contributed by atoms with van der Waals surface area (Å²) in [4.78, 5) is 13.5. The van der Waals surface area contributed by atoms with Crippen LogP contribution in [0.2, 0.25) is 0 Å². The third-order valence-corrected chi connectivity index (χ3v) is 4.02. The molecule has 0 fully saturated rings.